The van der Waals surface area contributed by atoms with E-state index in [1.165, 1.54) is 6.21 Å². The Morgan fingerprint density at radius 3 is 2.75 bits per heavy atom. The Morgan fingerprint density at radius 1 is 1.25 bits per heavy atom. The number of carbonyl (C=O) groups is 1. The molecule has 2 heterocycles. The van der Waals surface area contributed by atoms with Crippen LogP contribution in [0.15, 0.2) is 42.6 Å². The monoisotopic (exact) mass is 435 g/mol. The summed E-state index contributed by atoms with van der Waals surface area (Å²) in [6, 6.07) is 9.62. The fourth-order valence-corrected chi connectivity index (χ4v) is 4.22. The lowest BCUT2D eigenvalue weighted by Gasteiger charge is -2.40. The molecule has 7 heteroatoms. The number of hydrogen-bond acceptors (Lipinski definition) is 6. The minimum atomic E-state index is -0.607. The highest BCUT2D eigenvalue weighted by atomic mass is 16.5. The van der Waals surface area contributed by atoms with E-state index in [-0.39, 0.29) is 12.6 Å². The maximum Gasteiger partial charge on any atom is 0.260 e. The van der Waals surface area contributed by atoms with Gasteiger partial charge < -0.3 is 25.3 Å². The van der Waals surface area contributed by atoms with E-state index in [1.54, 1.807) is 17.2 Å². The molecule has 32 heavy (non-hydrogen) atoms. The third-order valence-electron chi connectivity index (χ3n) is 6.27. The SMILES string of the molecule is Cc1c(Cc2ccc(N/C=C\C=N)cc2)cc2c(c1C)OCN([C@H]1COCC[C@@H]1O)C2=O. The van der Waals surface area contributed by atoms with Gasteiger partial charge in [-0.15, -0.1) is 0 Å². The zero-order valence-electron chi connectivity index (χ0n) is 18.4. The lowest BCUT2D eigenvalue weighted by molar-refractivity contribution is -0.0697. The van der Waals surface area contributed by atoms with E-state index in [0.29, 0.717) is 37.4 Å². The number of amides is 1. The Balaban J connectivity index is 1.57. The van der Waals surface area contributed by atoms with Crippen molar-refractivity contribution in [1.29, 1.82) is 5.41 Å². The molecule has 2 atom stereocenters. The number of allylic oxidation sites excluding steroid dienone is 1. The van der Waals surface area contributed by atoms with Crippen LogP contribution in [-0.2, 0) is 11.2 Å². The zero-order chi connectivity index (χ0) is 22.7. The lowest BCUT2D eigenvalue weighted by atomic mass is 9.92. The fourth-order valence-electron chi connectivity index (χ4n) is 4.22. The molecule has 2 aromatic rings. The summed E-state index contributed by atoms with van der Waals surface area (Å²) in [5, 5.41) is 20.5. The predicted octanol–water partition coefficient (Wildman–Crippen LogP) is 3.41. The predicted molar refractivity (Wildman–Crippen MR) is 124 cm³/mol. The minimum absolute atomic E-state index is 0.122. The molecule has 2 aromatic carbocycles. The van der Waals surface area contributed by atoms with E-state index in [1.807, 2.05) is 25.1 Å². The Hall–Kier alpha value is -3.16. The molecule has 2 aliphatic rings. The van der Waals surface area contributed by atoms with Crippen molar-refractivity contribution in [3.8, 4) is 5.75 Å². The molecule has 1 fully saturated rings. The van der Waals surface area contributed by atoms with Crippen LogP contribution in [0.25, 0.3) is 0 Å². The number of aliphatic hydroxyl groups is 1. The van der Waals surface area contributed by atoms with Gasteiger partial charge in [-0.25, -0.2) is 0 Å². The number of benzene rings is 2. The van der Waals surface area contributed by atoms with Crippen molar-refractivity contribution in [2.45, 2.75) is 38.8 Å². The Morgan fingerprint density at radius 2 is 2.03 bits per heavy atom. The molecule has 0 unspecified atom stereocenters. The van der Waals surface area contributed by atoms with Gasteiger partial charge in [0, 0.05) is 24.7 Å². The van der Waals surface area contributed by atoms with E-state index in [9.17, 15) is 9.90 Å². The standard InChI is InChI=1S/C25H29N3O4/c1-16-17(2)24-21(25(30)28(15-32-24)22-14-31-11-8-23(22)29)13-19(16)12-18-4-6-20(7-5-18)27-10-3-9-26/h3-7,9-10,13,22-23,26-27,29H,8,11-12,14-15H2,1-2H3/b10-3-,26-9?/t22-,23-/m0/s1. The first-order valence-electron chi connectivity index (χ1n) is 10.8. The van der Waals surface area contributed by atoms with Crippen molar-refractivity contribution in [3.63, 3.8) is 0 Å². The number of hydrogen-bond donors (Lipinski definition) is 3. The highest BCUT2D eigenvalue weighted by molar-refractivity contribution is 5.99. The maximum absolute atomic E-state index is 13.3. The van der Waals surface area contributed by atoms with Crippen LogP contribution in [0.3, 0.4) is 0 Å². The summed E-state index contributed by atoms with van der Waals surface area (Å²) >= 11 is 0. The van der Waals surface area contributed by atoms with Gasteiger partial charge in [0.1, 0.15) is 5.75 Å². The van der Waals surface area contributed by atoms with Crippen LogP contribution in [0.1, 0.15) is 39.0 Å². The molecule has 0 bridgehead atoms. The van der Waals surface area contributed by atoms with Gasteiger partial charge in [-0.1, -0.05) is 12.1 Å². The van der Waals surface area contributed by atoms with Crippen LogP contribution in [0.2, 0.25) is 0 Å². The largest absolute Gasteiger partial charge is 0.472 e. The first-order valence-corrected chi connectivity index (χ1v) is 10.8. The third-order valence-corrected chi connectivity index (χ3v) is 6.27. The summed E-state index contributed by atoms with van der Waals surface area (Å²) < 4.78 is 11.5. The molecular weight excluding hydrogens is 406 g/mol. The molecule has 0 radical (unpaired) electrons. The Kier molecular flexibility index (Phi) is 6.58. The van der Waals surface area contributed by atoms with Gasteiger partial charge in [0.05, 0.1) is 24.3 Å². The second-order valence-corrected chi connectivity index (χ2v) is 8.25. The highest BCUT2D eigenvalue weighted by Crippen LogP contribution is 2.35. The smallest absolute Gasteiger partial charge is 0.260 e. The summed E-state index contributed by atoms with van der Waals surface area (Å²) in [7, 11) is 0. The van der Waals surface area contributed by atoms with Crippen LogP contribution < -0.4 is 10.1 Å². The van der Waals surface area contributed by atoms with Gasteiger partial charge in [0.15, 0.2) is 6.73 Å². The highest BCUT2D eigenvalue weighted by Gasteiger charge is 2.37. The molecule has 0 spiro atoms. The number of nitrogens with zero attached hydrogens (tertiary/aromatic N) is 1. The molecule has 1 amide bonds. The Bertz CT molecular complexity index is 1030. The zero-order valence-corrected chi connectivity index (χ0v) is 18.4. The average molecular weight is 436 g/mol. The van der Waals surface area contributed by atoms with Crippen molar-refractivity contribution in [1.82, 2.24) is 4.90 Å². The second kappa shape index (κ2) is 9.54. The van der Waals surface area contributed by atoms with Crippen molar-refractivity contribution in [2.75, 3.05) is 25.3 Å². The molecule has 3 N–H and O–H groups in total. The van der Waals surface area contributed by atoms with Gasteiger partial charge in [-0.3, -0.25) is 9.69 Å². The van der Waals surface area contributed by atoms with Crippen molar-refractivity contribution < 1.29 is 19.4 Å². The molecule has 0 aliphatic carbocycles. The first-order chi connectivity index (χ1) is 15.5. The van der Waals surface area contributed by atoms with Gasteiger partial charge >= 0.3 is 0 Å². The van der Waals surface area contributed by atoms with Crippen molar-refractivity contribution in [3.05, 3.63) is 70.4 Å². The number of rotatable bonds is 6. The maximum atomic E-state index is 13.3. The summed E-state index contributed by atoms with van der Waals surface area (Å²) in [5.41, 5.74) is 5.78. The van der Waals surface area contributed by atoms with E-state index in [2.05, 4.69) is 24.4 Å². The molecule has 168 valence electrons. The molecular formula is C25H29N3O4. The number of anilines is 1. The van der Waals surface area contributed by atoms with Crippen LogP contribution in [0, 0.1) is 19.3 Å². The van der Waals surface area contributed by atoms with E-state index < -0.39 is 12.1 Å². The number of fused-ring (bicyclic) bond motifs is 1. The van der Waals surface area contributed by atoms with Gasteiger partial charge in [-0.05, 0) is 73.2 Å². The molecule has 0 aromatic heterocycles. The summed E-state index contributed by atoms with van der Waals surface area (Å²) in [6.45, 7) is 4.99. The number of aliphatic hydroxyl groups excluding tert-OH is 1. The van der Waals surface area contributed by atoms with Crippen LogP contribution in [-0.4, -0.2) is 54.2 Å². The molecule has 1 saturated heterocycles. The molecule has 2 aliphatic heterocycles. The summed E-state index contributed by atoms with van der Waals surface area (Å²) in [4.78, 5) is 14.9. The van der Waals surface area contributed by atoms with E-state index in [0.717, 1.165) is 27.9 Å². The average Bonchev–Trinajstić information content (AvgIpc) is 2.80. The van der Waals surface area contributed by atoms with Gasteiger partial charge in [0.2, 0.25) is 0 Å². The van der Waals surface area contributed by atoms with Crippen LogP contribution in [0.4, 0.5) is 5.69 Å². The molecule has 0 saturated carbocycles. The summed E-state index contributed by atoms with van der Waals surface area (Å²) in [5.74, 6) is 0.513. The lowest BCUT2D eigenvalue weighted by Crippen LogP contribution is -2.55. The topological polar surface area (TPSA) is 94.9 Å². The molecule has 7 nitrogen and oxygen atoms in total. The van der Waals surface area contributed by atoms with E-state index >= 15 is 0 Å². The number of nitrogens with one attached hydrogen (secondary N) is 2. The van der Waals surface area contributed by atoms with Crippen molar-refractivity contribution in [2.24, 2.45) is 0 Å². The Labute approximate surface area is 188 Å². The number of ether oxygens (including phenoxy) is 2. The quantitative estimate of drug-likeness (QED) is 0.605. The summed E-state index contributed by atoms with van der Waals surface area (Å²) in [6.07, 6.45) is 5.15. The molecule has 4 rings (SSSR count). The fraction of sp³-hybridized carbons (Fsp3) is 0.360. The van der Waals surface area contributed by atoms with Gasteiger partial charge in [0.25, 0.3) is 5.91 Å². The normalized spacial score (nSPS) is 20.7. The number of carbonyl (C=O) groups excluding carboxylic acids is 1. The third kappa shape index (κ3) is 4.40. The van der Waals surface area contributed by atoms with Crippen molar-refractivity contribution >= 4 is 17.8 Å². The van der Waals surface area contributed by atoms with Gasteiger partial charge in [-0.2, -0.15) is 0 Å². The minimum Gasteiger partial charge on any atom is -0.472 e. The first kappa shape index (κ1) is 22.0. The van der Waals surface area contributed by atoms with Crippen LogP contribution in [0.5, 0.6) is 5.75 Å². The van der Waals surface area contributed by atoms with E-state index in [4.69, 9.17) is 14.9 Å². The second-order valence-electron chi connectivity index (χ2n) is 8.25. The van der Waals surface area contributed by atoms with Crippen LogP contribution >= 0.6 is 0 Å².